The Hall–Kier alpha value is -5.08. The fourth-order valence-electron chi connectivity index (χ4n) is 4.99. The number of Topliss-reactive ketones (excluding diaryl/α,β-unsaturated/α-hetero) is 1. The number of ether oxygens (including phenoxy) is 2. The number of nitrogens with zero attached hydrogens (tertiary/aromatic N) is 4. The van der Waals surface area contributed by atoms with Crippen LogP contribution >= 0.6 is 0 Å². The first-order valence-corrected chi connectivity index (χ1v) is 13.8. The van der Waals surface area contributed by atoms with E-state index in [4.69, 9.17) is 14.7 Å². The number of ketones is 1. The molecule has 0 amide bonds. The summed E-state index contributed by atoms with van der Waals surface area (Å²) in [5, 5.41) is 8.90. The molecule has 1 saturated heterocycles. The third-order valence-electron chi connectivity index (χ3n) is 7.53. The zero-order valence-corrected chi connectivity index (χ0v) is 23.4. The molecule has 2 aromatic heterocycles. The van der Waals surface area contributed by atoms with Crippen molar-refractivity contribution < 1.29 is 31.8 Å². The molecule has 1 aliphatic heterocycles. The normalized spacial score (nSPS) is 14.3. The van der Waals surface area contributed by atoms with Gasteiger partial charge < -0.3 is 14.0 Å². The van der Waals surface area contributed by atoms with Crippen LogP contribution in [0.2, 0.25) is 0 Å². The largest absolute Gasteiger partial charge is 0.471 e. The Bertz CT molecular complexity index is 1960. The van der Waals surface area contributed by atoms with Gasteiger partial charge in [0, 0.05) is 29.7 Å². The van der Waals surface area contributed by atoms with E-state index in [9.17, 15) is 18.0 Å². The zero-order valence-electron chi connectivity index (χ0n) is 23.4. The van der Waals surface area contributed by atoms with Gasteiger partial charge in [-0.25, -0.2) is 27.5 Å². The molecule has 0 N–H and O–H groups in total. The van der Waals surface area contributed by atoms with Crippen molar-refractivity contribution in [2.24, 2.45) is 0 Å². The van der Waals surface area contributed by atoms with Crippen molar-refractivity contribution in [2.45, 2.75) is 39.0 Å². The minimum atomic E-state index is -0.783. The van der Waals surface area contributed by atoms with Crippen LogP contribution in [0.15, 0.2) is 60.7 Å². The molecule has 3 heterocycles. The van der Waals surface area contributed by atoms with Gasteiger partial charge in [0.15, 0.2) is 17.4 Å². The summed E-state index contributed by atoms with van der Waals surface area (Å²) in [6.07, 6.45) is 0.747. The topological polar surface area (TPSA) is 90.0 Å². The third-order valence-corrected chi connectivity index (χ3v) is 7.53. The molecule has 0 aliphatic carbocycles. The van der Waals surface area contributed by atoms with E-state index in [1.54, 1.807) is 22.8 Å². The maximum absolute atomic E-state index is 15.5. The number of aromatic nitrogens is 3. The minimum Gasteiger partial charge on any atom is -0.471 e. The van der Waals surface area contributed by atoms with Gasteiger partial charge in [-0.3, -0.25) is 4.79 Å². The zero-order chi connectivity index (χ0) is 31.0. The first kappa shape index (κ1) is 29.0. The van der Waals surface area contributed by atoms with Crippen LogP contribution in [0.1, 0.15) is 46.2 Å². The van der Waals surface area contributed by atoms with Crippen LogP contribution in [0.3, 0.4) is 0 Å². The van der Waals surface area contributed by atoms with Gasteiger partial charge >= 0.3 is 0 Å². The molecule has 3 aromatic carbocycles. The molecular weight excluding hydrogens is 576 g/mol. The van der Waals surface area contributed by atoms with E-state index in [2.05, 4.69) is 9.97 Å². The Labute approximate surface area is 249 Å². The maximum atomic E-state index is 15.5. The van der Waals surface area contributed by atoms with Crippen molar-refractivity contribution in [3.05, 3.63) is 112 Å². The van der Waals surface area contributed by atoms with Crippen molar-refractivity contribution in [1.29, 1.82) is 5.26 Å². The molecule has 0 spiro atoms. The number of fused-ring (bicyclic) bond motifs is 1. The van der Waals surface area contributed by atoms with Crippen molar-refractivity contribution in [1.82, 2.24) is 14.5 Å². The number of benzene rings is 3. The monoisotopic (exact) mass is 600 g/mol. The number of nitriles is 1. The lowest BCUT2D eigenvalue weighted by atomic mass is 10.0. The summed E-state index contributed by atoms with van der Waals surface area (Å²) in [6.45, 7) is 2.02. The average molecular weight is 601 g/mol. The molecule has 0 saturated carbocycles. The van der Waals surface area contributed by atoms with Crippen LogP contribution in [-0.2, 0) is 24.3 Å². The van der Waals surface area contributed by atoms with Gasteiger partial charge in [0.1, 0.15) is 29.6 Å². The van der Waals surface area contributed by atoms with Gasteiger partial charge in [0.2, 0.25) is 0 Å². The van der Waals surface area contributed by atoms with Gasteiger partial charge in [-0.2, -0.15) is 5.26 Å². The van der Waals surface area contributed by atoms with Crippen LogP contribution < -0.4 is 4.74 Å². The van der Waals surface area contributed by atoms with E-state index in [0.717, 1.165) is 24.6 Å². The lowest BCUT2D eigenvalue weighted by Gasteiger charge is -2.27. The molecule has 1 aliphatic rings. The number of halogens is 4. The van der Waals surface area contributed by atoms with Crippen molar-refractivity contribution >= 4 is 16.8 Å². The molecule has 0 unspecified atom stereocenters. The van der Waals surface area contributed by atoms with E-state index in [0.29, 0.717) is 30.1 Å². The van der Waals surface area contributed by atoms with Gasteiger partial charge in [-0.15, -0.1) is 0 Å². The van der Waals surface area contributed by atoms with Crippen LogP contribution in [0, 0.1) is 34.6 Å². The summed E-state index contributed by atoms with van der Waals surface area (Å²) in [5.41, 5.74) is 1.83. The number of hydrogen-bond acceptors (Lipinski definition) is 6. The first-order chi connectivity index (χ1) is 21.2. The second-order valence-electron chi connectivity index (χ2n) is 10.5. The highest BCUT2D eigenvalue weighted by molar-refractivity contribution is 5.97. The molecule has 0 radical (unpaired) electrons. The number of imidazole rings is 1. The highest BCUT2D eigenvalue weighted by Gasteiger charge is 2.24. The Balaban J connectivity index is 1.26. The maximum Gasteiger partial charge on any atom is 0.251 e. The smallest absolute Gasteiger partial charge is 0.251 e. The fraction of sp³-hybridized carbons (Fsp3) is 0.212. The first-order valence-electron chi connectivity index (χ1n) is 13.8. The van der Waals surface area contributed by atoms with E-state index < -0.39 is 29.1 Å². The minimum absolute atomic E-state index is 0.0315. The van der Waals surface area contributed by atoms with Crippen LogP contribution in [0.4, 0.5) is 17.6 Å². The summed E-state index contributed by atoms with van der Waals surface area (Å²) in [7, 11) is 0. The number of hydrogen-bond donors (Lipinski definition) is 0. The molecule has 0 bridgehead atoms. The fourth-order valence-corrected chi connectivity index (χ4v) is 4.99. The summed E-state index contributed by atoms with van der Waals surface area (Å²) in [5.74, 6) is -2.95. The Morgan fingerprint density at radius 3 is 2.43 bits per heavy atom. The van der Waals surface area contributed by atoms with E-state index >= 15 is 4.39 Å². The Morgan fingerprint density at radius 1 is 0.977 bits per heavy atom. The molecular formula is C33H24F4N4O3. The molecule has 1 atom stereocenters. The SMILES string of the molecule is CC(=O)c1cc(F)c2nc(Cc3ccc(-c4ccc(F)c(OCc5ccc(C#N)cc5F)n4)cc3F)n(C[C@@H]3CCO3)c2c1. The van der Waals surface area contributed by atoms with Gasteiger partial charge in [0.25, 0.3) is 5.88 Å². The van der Waals surface area contributed by atoms with Crippen molar-refractivity contribution in [2.75, 3.05) is 6.61 Å². The summed E-state index contributed by atoms with van der Waals surface area (Å²) in [6, 6.07) is 15.3. The van der Waals surface area contributed by atoms with Crippen LogP contribution in [-0.4, -0.2) is 33.0 Å². The lowest BCUT2D eigenvalue weighted by molar-refractivity contribution is -0.0589. The predicted octanol–water partition coefficient (Wildman–Crippen LogP) is 6.69. The van der Waals surface area contributed by atoms with Gasteiger partial charge in [0.05, 0.1) is 35.5 Å². The Morgan fingerprint density at radius 2 is 1.75 bits per heavy atom. The number of pyridine rings is 1. The van der Waals surface area contributed by atoms with Crippen LogP contribution in [0.25, 0.3) is 22.3 Å². The van der Waals surface area contributed by atoms with Crippen molar-refractivity contribution in [3.8, 4) is 23.2 Å². The van der Waals surface area contributed by atoms with Gasteiger partial charge in [-0.1, -0.05) is 18.2 Å². The standard InChI is InChI=1S/C33H24F4N4O3/c1-18(42)23-12-28(37)32-30(13-23)41(16-24-8-9-43-24)31(40-32)14-20-4-5-21(11-27(20)36)29-7-6-25(34)33(39-29)44-17-22-3-2-19(15-38)10-26(22)35/h2-7,10-13,24H,8-9,14,16-17H2,1H3/t24-/m0/s1. The summed E-state index contributed by atoms with van der Waals surface area (Å²) < 4.78 is 71.9. The highest BCUT2D eigenvalue weighted by atomic mass is 19.1. The summed E-state index contributed by atoms with van der Waals surface area (Å²) >= 11 is 0. The third kappa shape index (κ3) is 5.76. The summed E-state index contributed by atoms with van der Waals surface area (Å²) in [4.78, 5) is 20.6. The van der Waals surface area contributed by atoms with E-state index in [1.807, 2.05) is 6.07 Å². The quantitative estimate of drug-likeness (QED) is 0.138. The molecule has 11 heteroatoms. The second-order valence-corrected chi connectivity index (χ2v) is 10.5. The van der Waals surface area contributed by atoms with Gasteiger partial charge in [-0.05, 0) is 61.4 Å². The molecule has 1 fully saturated rings. The predicted molar refractivity (Wildman–Crippen MR) is 152 cm³/mol. The Kier molecular flexibility index (Phi) is 7.84. The number of carbonyl (C=O) groups is 1. The molecule has 6 rings (SSSR count). The van der Waals surface area contributed by atoms with Crippen molar-refractivity contribution in [3.63, 3.8) is 0 Å². The number of carbonyl (C=O) groups excluding carboxylic acids is 1. The van der Waals surface area contributed by atoms with Crippen LogP contribution in [0.5, 0.6) is 5.88 Å². The molecule has 222 valence electrons. The second kappa shape index (κ2) is 11.9. The highest BCUT2D eigenvalue weighted by Crippen LogP contribution is 2.29. The molecule has 7 nitrogen and oxygen atoms in total. The molecule has 44 heavy (non-hydrogen) atoms. The van der Waals surface area contributed by atoms with E-state index in [-0.39, 0.29) is 58.4 Å². The van der Waals surface area contributed by atoms with E-state index in [1.165, 1.54) is 31.2 Å². The molecule has 5 aromatic rings. The lowest BCUT2D eigenvalue weighted by Crippen LogP contribution is -2.31. The average Bonchev–Trinajstić information content (AvgIpc) is 3.33. The number of rotatable bonds is 9.